The number of amides is 1. The zero-order valence-electron chi connectivity index (χ0n) is 22.0. The molecule has 0 aliphatic carbocycles. The number of hydrogen-bond acceptors (Lipinski definition) is 4. The van der Waals surface area contributed by atoms with Gasteiger partial charge in [-0.25, -0.2) is 4.39 Å². The van der Waals surface area contributed by atoms with Crippen molar-refractivity contribution in [1.29, 1.82) is 0 Å². The lowest BCUT2D eigenvalue weighted by atomic mass is 10.00. The predicted molar refractivity (Wildman–Crippen MR) is 155 cm³/mol. The van der Waals surface area contributed by atoms with E-state index in [1.165, 1.54) is 17.0 Å². The van der Waals surface area contributed by atoms with Crippen LogP contribution in [-0.4, -0.2) is 66.7 Å². The summed E-state index contributed by atoms with van der Waals surface area (Å²) in [6, 6.07) is 20.7. The lowest BCUT2D eigenvalue weighted by Gasteiger charge is -2.34. The van der Waals surface area contributed by atoms with Gasteiger partial charge in [0.1, 0.15) is 18.2 Å². The number of aryl methyl sites for hydroxylation is 1. The Morgan fingerprint density at radius 1 is 0.949 bits per heavy atom. The number of benzene rings is 3. The van der Waals surface area contributed by atoms with Crippen LogP contribution in [0.5, 0.6) is 5.75 Å². The number of carbonyl (C=O) groups is 1. The molecule has 1 aromatic heterocycles. The van der Waals surface area contributed by atoms with Gasteiger partial charge < -0.3 is 14.6 Å². The Balaban J connectivity index is 1.26. The number of aromatic nitrogens is 1. The molecular weight excluding hydrogens is 515 g/mol. The van der Waals surface area contributed by atoms with Crippen LogP contribution in [0.1, 0.15) is 12.0 Å². The van der Waals surface area contributed by atoms with E-state index in [1.54, 1.807) is 12.1 Å². The number of ether oxygens (including phenoxy) is 1. The van der Waals surface area contributed by atoms with E-state index in [0.717, 1.165) is 81.0 Å². The number of halogens is 2. The molecule has 0 saturated carbocycles. The van der Waals surface area contributed by atoms with Crippen molar-refractivity contribution in [2.75, 3.05) is 45.9 Å². The molecule has 1 amide bonds. The molecule has 5 rings (SSSR count). The molecular formula is C31H34ClFN4O2. The molecule has 3 aromatic carbocycles. The Bertz CT molecular complexity index is 1380. The van der Waals surface area contributed by atoms with E-state index in [-0.39, 0.29) is 5.82 Å². The molecule has 39 heavy (non-hydrogen) atoms. The van der Waals surface area contributed by atoms with E-state index in [4.69, 9.17) is 16.3 Å². The molecule has 6 nitrogen and oxygen atoms in total. The highest BCUT2D eigenvalue weighted by Gasteiger charge is 2.20. The van der Waals surface area contributed by atoms with Crippen LogP contribution in [-0.2, 0) is 17.9 Å². The highest BCUT2D eigenvalue weighted by molar-refractivity contribution is 6.30. The van der Waals surface area contributed by atoms with Crippen LogP contribution in [0.25, 0.3) is 22.0 Å². The molecule has 0 spiro atoms. The first-order valence-corrected chi connectivity index (χ1v) is 13.9. The van der Waals surface area contributed by atoms with E-state index >= 15 is 0 Å². The fraction of sp³-hybridized carbons (Fsp3) is 0.323. The Morgan fingerprint density at radius 2 is 1.72 bits per heavy atom. The summed E-state index contributed by atoms with van der Waals surface area (Å²) in [5.74, 6) is 0.601. The summed E-state index contributed by atoms with van der Waals surface area (Å²) in [4.78, 5) is 15.6. The highest BCUT2D eigenvalue weighted by Crippen LogP contribution is 2.34. The Morgan fingerprint density at radius 3 is 2.49 bits per heavy atom. The van der Waals surface area contributed by atoms with Crippen LogP contribution in [0.4, 0.5) is 4.39 Å². The maximum Gasteiger partial charge on any atom is 0.207 e. The van der Waals surface area contributed by atoms with Crippen LogP contribution in [0.2, 0.25) is 5.02 Å². The number of nitrogens with zero attached hydrogens (tertiary/aromatic N) is 3. The second-order valence-corrected chi connectivity index (χ2v) is 10.3. The normalized spacial score (nSPS) is 14.5. The van der Waals surface area contributed by atoms with Crippen molar-refractivity contribution in [1.82, 2.24) is 19.7 Å². The lowest BCUT2D eigenvalue weighted by Crippen LogP contribution is -2.47. The van der Waals surface area contributed by atoms with Gasteiger partial charge in [0.05, 0.1) is 0 Å². The molecule has 0 atom stereocenters. The molecule has 4 aromatic rings. The molecule has 8 heteroatoms. The second kappa shape index (κ2) is 13.1. The molecule has 1 N–H and O–H groups in total. The first-order valence-electron chi connectivity index (χ1n) is 13.5. The van der Waals surface area contributed by atoms with Crippen molar-refractivity contribution in [3.63, 3.8) is 0 Å². The maximum absolute atomic E-state index is 14.2. The monoisotopic (exact) mass is 548 g/mol. The van der Waals surface area contributed by atoms with Gasteiger partial charge in [0.25, 0.3) is 0 Å². The quantitative estimate of drug-likeness (QED) is 0.189. The lowest BCUT2D eigenvalue weighted by molar-refractivity contribution is -0.109. The zero-order valence-corrected chi connectivity index (χ0v) is 22.7. The van der Waals surface area contributed by atoms with E-state index < -0.39 is 0 Å². The molecule has 1 aliphatic rings. The third kappa shape index (κ3) is 6.98. The summed E-state index contributed by atoms with van der Waals surface area (Å²) in [6.07, 6.45) is 3.68. The number of hydrogen-bond donors (Lipinski definition) is 1. The van der Waals surface area contributed by atoms with E-state index in [1.807, 2.05) is 30.3 Å². The van der Waals surface area contributed by atoms with Gasteiger partial charge in [0.2, 0.25) is 6.41 Å². The van der Waals surface area contributed by atoms with Crippen LogP contribution in [0.15, 0.2) is 72.9 Å². The largest absolute Gasteiger partial charge is 0.492 e. The molecule has 1 saturated heterocycles. The predicted octanol–water partition coefficient (Wildman–Crippen LogP) is 5.43. The molecule has 1 fully saturated rings. The Labute approximate surface area is 233 Å². The zero-order chi connectivity index (χ0) is 27.0. The van der Waals surface area contributed by atoms with Crippen molar-refractivity contribution < 1.29 is 13.9 Å². The fourth-order valence-corrected chi connectivity index (χ4v) is 5.39. The molecule has 0 radical (unpaired) electrons. The summed E-state index contributed by atoms with van der Waals surface area (Å²) >= 11 is 5.95. The van der Waals surface area contributed by atoms with Crippen molar-refractivity contribution in [2.24, 2.45) is 0 Å². The molecule has 0 unspecified atom stereocenters. The van der Waals surface area contributed by atoms with Gasteiger partial charge in [-0.05, 0) is 60.0 Å². The summed E-state index contributed by atoms with van der Waals surface area (Å²) in [5.41, 5.74) is 4.30. The van der Waals surface area contributed by atoms with Crippen LogP contribution in [0, 0.1) is 5.82 Å². The van der Waals surface area contributed by atoms with Gasteiger partial charge >= 0.3 is 0 Å². The SMILES string of the molecule is O=CNCCCn1cc(-c2cccc(F)c2)c2c(CN3CCN(CCOc4ccc(Cl)cc4)CC3)cccc21. The van der Waals surface area contributed by atoms with Crippen molar-refractivity contribution in [3.8, 4) is 16.9 Å². The van der Waals surface area contributed by atoms with Gasteiger partial charge in [0.15, 0.2) is 0 Å². The van der Waals surface area contributed by atoms with E-state index in [9.17, 15) is 9.18 Å². The van der Waals surface area contributed by atoms with Gasteiger partial charge in [-0.3, -0.25) is 14.6 Å². The Kier molecular flexibility index (Phi) is 9.14. The van der Waals surface area contributed by atoms with E-state index in [0.29, 0.717) is 18.2 Å². The average Bonchev–Trinajstić information content (AvgIpc) is 3.33. The smallest absolute Gasteiger partial charge is 0.207 e. The first kappa shape index (κ1) is 27.2. The fourth-order valence-electron chi connectivity index (χ4n) is 5.26. The maximum atomic E-state index is 14.2. The Hall–Kier alpha value is -3.39. The third-order valence-electron chi connectivity index (χ3n) is 7.28. The summed E-state index contributed by atoms with van der Waals surface area (Å²) in [5, 5.41) is 4.62. The van der Waals surface area contributed by atoms with Crippen molar-refractivity contribution in [2.45, 2.75) is 19.5 Å². The van der Waals surface area contributed by atoms with Crippen LogP contribution >= 0.6 is 11.6 Å². The average molecular weight is 549 g/mol. The molecule has 2 heterocycles. The van der Waals surface area contributed by atoms with E-state index in [2.05, 4.69) is 44.1 Å². The number of nitrogens with one attached hydrogen (secondary N) is 1. The van der Waals surface area contributed by atoms with Crippen LogP contribution < -0.4 is 10.1 Å². The van der Waals surface area contributed by atoms with Crippen LogP contribution in [0.3, 0.4) is 0 Å². The van der Waals surface area contributed by atoms with Gasteiger partial charge in [0, 0.05) is 80.0 Å². The number of rotatable bonds is 12. The van der Waals surface area contributed by atoms with Gasteiger partial charge in [-0.15, -0.1) is 0 Å². The minimum atomic E-state index is -0.239. The summed E-state index contributed by atoms with van der Waals surface area (Å²) in [6.45, 7) is 7.69. The second-order valence-electron chi connectivity index (χ2n) is 9.90. The summed E-state index contributed by atoms with van der Waals surface area (Å²) in [7, 11) is 0. The first-order chi connectivity index (χ1) is 19.1. The van der Waals surface area contributed by atoms with Crippen molar-refractivity contribution >= 4 is 28.9 Å². The molecule has 1 aliphatic heterocycles. The number of carbonyl (C=O) groups excluding carboxylic acids is 1. The molecule has 0 bridgehead atoms. The summed E-state index contributed by atoms with van der Waals surface area (Å²) < 4.78 is 22.3. The minimum Gasteiger partial charge on any atom is -0.492 e. The molecule has 204 valence electrons. The van der Waals surface area contributed by atoms with Gasteiger partial charge in [-0.1, -0.05) is 35.9 Å². The minimum absolute atomic E-state index is 0.239. The standard InChI is InChI=1S/C31H34ClFN4O2/c32-26-8-10-28(11-9-26)39-19-18-35-14-16-36(17-15-35)21-25-5-2-7-30-31(25)29(24-4-1-6-27(33)20-24)22-37(30)13-3-12-34-23-38/h1-2,4-11,20,22-23H,3,12-19,21H2,(H,34,38). The topological polar surface area (TPSA) is 49.7 Å². The number of fused-ring (bicyclic) bond motifs is 1. The van der Waals surface area contributed by atoms with Crippen molar-refractivity contribution in [3.05, 3.63) is 89.3 Å². The third-order valence-corrected chi connectivity index (χ3v) is 7.53. The highest BCUT2D eigenvalue weighted by atomic mass is 35.5. The number of piperazine rings is 1. The van der Waals surface area contributed by atoms with Gasteiger partial charge in [-0.2, -0.15) is 0 Å².